The van der Waals surface area contributed by atoms with Gasteiger partial charge in [0, 0.05) is 10.5 Å². The van der Waals surface area contributed by atoms with Crippen molar-refractivity contribution >= 4 is 33.2 Å². The van der Waals surface area contributed by atoms with Crippen LogP contribution >= 0.6 is 27.3 Å². The summed E-state index contributed by atoms with van der Waals surface area (Å²) in [5.41, 5.74) is 0. The minimum absolute atomic E-state index is 0.110. The Morgan fingerprint density at radius 3 is 3.07 bits per heavy atom. The summed E-state index contributed by atoms with van der Waals surface area (Å²) in [7, 11) is 0. The first-order valence-corrected chi connectivity index (χ1v) is 5.73. The topological polar surface area (TPSA) is 52.9 Å². The molecule has 5 heteroatoms. The van der Waals surface area contributed by atoms with E-state index in [0.29, 0.717) is 11.3 Å². The standard InChI is InChI=1S/C9H9BrN2OS/c1-6(2-4-11)12-9(13)8-7(10)3-5-14-8/h3,5-6H,2H2,1H3,(H,12,13). The fourth-order valence-corrected chi connectivity index (χ4v) is 2.39. The second-order valence-electron chi connectivity index (χ2n) is 2.83. The molecule has 0 bridgehead atoms. The average Bonchev–Trinajstić information content (AvgIpc) is 2.51. The summed E-state index contributed by atoms with van der Waals surface area (Å²) in [5.74, 6) is -0.130. The number of carbonyl (C=O) groups excluding carboxylic acids is 1. The number of hydrogen-bond acceptors (Lipinski definition) is 3. The Morgan fingerprint density at radius 1 is 1.86 bits per heavy atom. The highest BCUT2D eigenvalue weighted by Gasteiger charge is 2.13. The van der Waals surface area contributed by atoms with Gasteiger partial charge in [-0.25, -0.2) is 0 Å². The molecule has 3 nitrogen and oxygen atoms in total. The Balaban J connectivity index is 2.60. The Labute approximate surface area is 94.9 Å². The van der Waals surface area contributed by atoms with Gasteiger partial charge in [0.25, 0.3) is 5.91 Å². The number of hydrogen-bond donors (Lipinski definition) is 1. The Bertz CT molecular complexity index is 369. The van der Waals surface area contributed by atoms with Crippen LogP contribution in [0.3, 0.4) is 0 Å². The number of carbonyl (C=O) groups is 1. The molecular formula is C9H9BrN2OS. The highest BCUT2D eigenvalue weighted by Crippen LogP contribution is 2.22. The molecule has 0 aliphatic heterocycles. The molecule has 0 radical (unpaired) electrons. The SMILES string of the molecule is CC(CC#N)NC(=O)c1sccc1Br. The van der Waals surface area contributed by atoms with Gasteiger partial charge in [0.1, 0.15) is 4.88 Å². The number of thiophene rings is 1. The van der Waals surface area contributed by atoms with Crippen molar-refractivity contribution in [2.75, 3.05) is 0 Å². The van der Waals surface area contributed by atoms with Crippen LogP contribution in [0.15, 0.2) is 15.9 Å². The summed E-state index contributed by atoms with van der Waals surface area (Å²) < 4.78 is 0.796. The molecule has 0 saturated carbocycles. The molecule has 0 aliphatic carbocycles. The highest BCUT2D eigenvalue weighted by atomic mass is 79.9. The van der Waals surface area contributed by atoms with Crippen molar-refractivity contribution in [1.82, 2.24) is 5.32 Å². The minimum atomic E-state index is -0.130. The summed E-state index contributed by atoms with van der Waals surface area (Å²) in [6, 6.07) is 3.73. The Hall–Kier alpha value is -0.860. The van der Waals surface area contributed by atoms with Gasteiger partial charge in [-0.1, -0.05) is 0 Å². The molecule has 0 saturated heterocycles. The first kappa shape index (κ1) is 11.2. The zero-order chi connectivity index (χ0) is 10.6. The lowest BCUT2D eigenvalue weighted by Crippen LogP contribution is -2.31. The first-order chi connectivity index (χ1) is 6.65. The van der Waals surface area contributed by atoms with Gasteiger partial charge in [0.2, 0.25) is 0 Å². The largest absolute Gasteiger partial charge is 0.348 e. The van der Waals surface area contributed by atoms with Crippen molar-refractivity contribution in [3.8, 4) is 6.07 Å². The third-order valence-corrected chi connectivity index (χ3v) is 3.43. The van der Waals surface area contributed by atoms with Gasteiger partial charge in [-0.2, -0.15) is 5.26 Å². The monoisotopic (exact) mass is 272 g/mol. The lowest BCUT2D eigenvalue weighted by molar-refractivity contribution is 0.0944. The Morgan fingerprint density at radius 2 is 2.57 bits per heavy atom. The van der Waals surface area contributed by atoms with Crippen molar-refractivity contribution in [3.63, 3.8) is 0 Å². The van der Waals surface area contributed by atoms with Gasteiger partial charge in [0.15, 0.2) is 0 Å². The van der Waals surface area contributed by atoms with E-state index in [9.17, 15) is 4.79 Å². The summed E-state index contributed by atoms with van der Waals surface area (Å²) in [6.45, 7) is 1.81. The normalized spacial score (nSPS) is 11.8. The minimum Gasteiger partial charge on any atom is -0.348 e. The number of nitriles is 1. The number of nitrogens with zero attached hydrogens (tertiary/aromatic N) is 1. The van der Waals surface area contributed by atoms with Gasteiger partial charge in [-0.15, -0.1) is 11.3 Å². The predicted molar refractivity (Wildman–Crippen MR) is 59.2 cm³/mol. The molecule has 0 aromatic carbocycles. The lowest BCUT2D eigenvalue weighted by Gasteiger charge is -2.08. The molecule has 74 valence electrons. The maximum Gasteiger partial charge on any atom is 0.262 e. The quantitative estimate of drug-likeness (QED) is 0.920. The van der Waals surface area contributed by atoms with Crippen LogP contribution in [0.2, 0.25) is 0 Å². The van der Waals surface area contributed by atoms with Crippen molar-refractivity contribution < 1.29 is 4.79 Å². The molecule has 14 heavy (non-hydrogen) atoms. The van der Waals surface area contributed by atoms with Crippen LogP contribution in [0.4, 0.5) is 0 Å². The Kier molecular flexibility index (Phi) is 4.11. The fourth-order valence-electron chi connectivity index (χ4n) is 0.933. The van der Waals surface area contributed by atoms with E-state index in [4.69, 9.17) is 5.26 Å². The van der Waals surface area contributed by atoms with Crippen LogP contribution in [0.25, 0.3) is 0 Å². The molecule has 1 heterocycles. The number of rotatable bonds is 3. The summed E-state index contributed by atoms with van der Waals surface area (Å²) in [5, 5.41) is 13.0. The zero-order valence-corrected chi connectivity index (χ0v) is 9.98. The van der Waals surface area contributed by atoms with Crippen molar-refractivity contribution in [2.45, 2.75) is 19.4 Å². The average molecular weight is 273 g/mol. The van der Waals surface area contributed by atoms with Crippen molar-refractivity contribution in [1.29, 1.82) is 5.26 Å². The second kappa shape index (κ2) is 5.13. The molecular weight excluding hydrogens is 264 g/mol. The van der Waals surface area contributed by atoms with Crippen LogP contribution in [0.5, 0.6) is 0 Å². The van der Waals surface area contributed by atoms with Crippen LogP contribution in [0, 0.1) is 11.3 Å². The predicted octanol–water partition coefficient (Wildman–Crippen LogP) is 2.54. The second-order valence-corrected chi connectivity index (χ2v) is 4.60. The van der Waals surface area contributed by atoms with Crippen LogP contribution < -0.4 is 5.32 Å². The van der Waals surface area contributed by atoms with E-state index in [1.165, 1.54) is 11.3 Å². The molecule has 1 aromatic rings. The van der Waals surface area contributed by atoms with Crippen LogP contribution in [0.1, 0.15) is 23.0 Å². The van der Waals surface area contributed by atoms with Gasteiger partial charge < -0.3 is 5.32 Å². The zero-order valence-electron chi connectivity index (χ0n) is 7.58. The van der Waals surface area contributed by atoms with E-state index in [1.54, 1.807) is 0 Å². The number of nitrogens with one attached hydrogen (secondary N) is 1. The van der Waals surface area contributed by atoms with Gasteiger partial charge in [-0.3, -0.25) is 4.79 Å². The molecule has 1 unspecified atom stereocenters. The smallest absolute Gasteiger partial charge is 0.262 e. The highest BCUT2D eigenvalue weighted by molar-refractivity contribution is 9.10. The number of amides is 1. The van der Waals surface area contributed by atoms with Gasteiger partial charge >= 0.3 is 0 Å². The molecule has 1 amide bonds. The number of halogens is 1. The maximum absolute atomic E-state index is 11.6. The van der Waals surface area contributed by atoms with E-state index in [1.807, 2.05) is 24.4 Å². The van der Waals surface area contributed by atoms with Gasteiger partial charge in [0.05, 0.1) is 12.5 Å². The molecule has 0 fully saturated rings. The van der Waals surface area contributed by atoms with Crippen LogP contribution in [-0.2, 0) is 0 Å². The molecule has 1 atom stereocenters. The molecule has 0 aliphatic rings. The fraction of sp³-hybridized carbons (Fsp3) is 0.333. The van der Waals surface area contributed by atoms with E-state index < -0.39 is 0 Å². The van der Waals surface area contributed by atoms with E-state index in [-0.39, 0.29) is 11.9 Å². The summed E-state index contributed by atoms with van der Waals surface area (Å²) in [4.78, 5) is 12.2. The summed E-state index contributed by atoms with van der Waals surface area (Å²) >= 11 is 4.66. The van der Waals surface area contributed by atoms with Crippen molar-refractivity contribution in [3.05, 3.63) is 20.8 Å². The third-order valence-electron chi connectivity index (χ3n) is 1.60. The van der Waals surface area contributed by atoms with E-state index in [0.717, 1.165) is 4.47 Å². The molecule has 0 spiro atoms. The van der Waals surface area contributed by atoms with Crippen molar-refractivity contribution in [2.24, 2.45) is 0 Å². The lowest BCUT2D eigenvalue weighted by atomic mass is 10.2. The maximum atomic E-state index is 11.6. The molecule has 1 aromatic heterocycles. The third kappa shape index (κ3) is 2.82. The van der Waals surface area contributed by atoms with E-state index >= 15 is 0 Å². The van der Waals surface area contributed by atoms with Gasteiger partial charge in [-0.05, 0) is 34.3 Å². The first-order valence-electron chi connectivity index (χ1n) is 4.06. The van der Waals surface area contributed by atoms with E-state index in [2.05, 4.69) is 21.2 Å². The van der Waals surface area contributed by atoms with Crippen LogP contribution in [-0.4, -0.2) is 11.9 Å². The summed E-state index contributed by atoms with van der Waals surface area (Å²) in [6.07, 6.45) is 0.328. The molecule has 1 N–H and O–H groups in total. The molecule has 1 rings (SSSR count).